The third-order valence-corrected chi connectivity index (χ3v) is 4.73. The zero-order chi connectivity index (χ0) is 17.7. The fourth-order valence-corrected chi connectivity index (χ4v) is 2.96. The van der Waals surface area contributed by atoms with Gasteiger partial charge in [0.15, 0.2) is 0 Å². The van der Waals surface area contributed by atoms with E-state index in [-0.39, 0.29) is 12.1 Å². The van der Waals surface area contributed by atoms with Crippen LogP contribution in [0.25, 0.3) is 0 Å². The van der Waals surface area contributed by atoms with Crippen molar-refractivity contribution in [3.05, 3.63) is 46.8 Å². The number of aryl methyl sites for hydroxylation is 2. The van der Waals surface area contributed by atoms with Crippen LogP contribution in [-0.4, -0.2) is 35.4 Å². The molecule has 5 nitrogen and oxygen atoms in total. The Labute approximate surface area is 147 Å². The molecule has 2 amide bonds. The number of hydrogen-bond acceptors (Lipinski definition) is 4. The van der Waals surface area contributed by atoms with E-state index >= 15 is 0 Å². The molecular formula is C18H25N3O2S. The Morgan fingerprint density at radius 3 is 2.54 bits per heavy atom. The van der Waals surface area contributed by atoms with Crippen LogP contribution in [0.5, 0.6) is 0 Å². The second-order valence-electron chi connectivity index (χ2n) is 6.06. The van der Waals surface area contributed by atoms with E-state index in [1.807, 2.05) is 20.8 Å². The number of benzene rings is 1. The maximum Gasteiger partial charge on any atom is 0.317 e. The van der Waals surface area contributed by atoms with E-state index in [0.717, 1.165) is 22.6 Å². The quantitative estimate of drug-likeness (QED) is 0.808. The van der Waals surface area contributed by atoms with Gasteiger partial charge in [-0.1, -0.05) is 17.3 Å². The predicted molar refractivity (Wildman–Crippen MR) is 97.4 cm³/mol. The van der Waals surface area contributed by atoms with Gasteiger partial charge in [0.25, 0.3) is 0 Å². The normalized spacial score (nSPS) is 12.0. The van der Waals surface area contributed by atoms with Crippen molar-refractivity contribution < 1.29 is 9.32 Å². The Hall–Kier alpha value is -1.95. The highest BCUT2D eigenvalue weighted by Crippen LogP contribution is 2.16. The standard InChI is InChI=1S/C18H25N3O2S/c1-12(10-17-13(2)20-23-14(17)3)19-18(22)21(4)11-15-6-8-16(24-5)9-7-15/h6-9,12H,10-11H2,1-5H3,(H,19,22). The molecule has 0 spiro atoms. The maximum absolute atomic E-state index is 12.4. The van der Waals surface area contributed by atoms with Gasteiger partial charge in [-0.2, -0.15) is 0 Å². The summed E-state index contributed by atoms with van der Waals surface area (Å²) in [5.41, 5.74) is 3.07. The van der Waals surface area contributed by atoms with Crippen LogP contribution < -0.4 is 5.32 Å². The molecule has 0 aliphatic carbocycles. The summed E-state index contributed by atoms with van der Waals surface area (Å²) >= 11 is 1.71. The van der Waals surface area contributed by atoms with Crippen LogP contribution in [-0.2, 0) is 13.0 Å². The van der Waals surface area contributed by atoms with Crippen LogP contribution in [0, 0.1) is 13.8 Å². The van der Waals surface area contributed by atoms with Crippen molar-refractivity contribution >= 4 is 17.8 Å². The van der Waals surface area contributed by atoms with Crippen molar-refractivity contribution in [1.82, 2.24) is 15.4 Å². The lowest BCUT2D eigenvalue weighted by Crippen LogP contribution is -2.42. The number of urea groups is 1. The molecule has 24 heavy (non-hydrogen) atoms. The Morgan fingerprint density at radius 2 is 2.00 bits per heavy atom. The van der Waals surface area contributed by atoms with E-state index in [9.17, 15) is 4.79 Å². The summed E-state index contributed by atoms with van der Waals surface area (Å²) in [5.74, 6) is 0.816. The van der Waals surface area contributed by atoms with Crippen molar-refractivity contribution in [2.24, 2.45) is 0 Å². The van der Waals surface area contributed by atoms with E-state index in [1.165, 1.54) is 4.90 Å². The molecule has 0 aliphatic heterocycles. The SMILES string of the molecule is CSc1ccc(CN(C)C(=O)NC(C)Cc2c(C)noc2C)cc1. The molecule has 1 atom stereocenters. The fraction of sp³-hybridized carbons (Fsp3) is 0.444. The number of nitrogens with zero attached hydrogens (tertiary/aromatic N) is 2. The molecule has 6 heteroatoms. The Morgan fingerprint density at radius 1 is 1.33 bits per heavy atom. The van der Waals surface area contributed by atoms with Gasteiger partial charge in [0, 0.05) is 30.1 Å². The van der Waals surface area contributed by atoms with Crippen molar-refractivity contribution in [2.45, 2.75) is 44.7 Å². The third kappa shape index (κ3) is 4.77. The zero-order valence-corrected chi connectivity index (χ0v) is 15.7. The van der Waals surface area contributed by atoms with E-state index in [1.54, 1.807) is 23.7 Å². The number of nitrogens with one attached hydrogen (secondary N) is 1. The van der Waals surface area contributed by atoms with Crippen LogP contribution in [0.3, 0.4) is 0 Å². The topological polar surface area (TPSA) is 58.4 Å². The minimum absolute atomic E-state index is 0.00983. The van der Waals surface area contributed by atoms with E-state index < -0.39 is 0 Å². The molecule has 1 heterocycles. The number of carbonyl (C=O) groups excluding carboxylic acids is 1. The average molecular weight is 347 g/mol. The zero-order valence-electron chi connectivity index (χ0n) is 14.9. The summed E-state index contributed by atoms with van der Waals surface area (Å²) in [5, 5.41) is 6.98. The summed E-state index contributed by atoms with van der Waals surface area (Å²) in [6.07, 6.45) is 2.76. The second kappa shape index (κ2) is 8.24. The number of rotatable bonds is 6. The molecule has 1 unspecified atom stereocenters. The van der Waals surface area contributed by atoms with Gasteiger partial charge in [-0.05, 0) is 51.1 Å². The number of carbonyl (C=O) groups is 1. The van der Waals surface area contributed by atoms with Gasteiger partial charge in [0.2, 0.25) is 0 Å². The minimum Gasteiger partial charge on any atom is -0.361 e. The summed E-state index contributed by atoms with van der Waals surface area (Å²) < 4.78 is 5.17. The molecule has 1 aromatic carbocycles. The van der Waals surface area contributed by atoms with Crippen molar-refractivity contribution in [1.29, 1.82) is 0 Å². The van der Waals surface area contributed by atoms with Crippen molar-refractivity contribution in [2.75, 3.05) is 13.3 Å². The van der Waals surface area contributed by atoms with Gasteiger partial charge in [0.05, 0.1) is 5.69 Å². The van der Waals surface area contributed by atoms with Crippen LogP contribution >= 0.6 is 11.8 Å². The smallest absolute Gasteiger partial charge is 0.317 e. The minimum atomic E-state index is -0.0804. The first-order valence-corrected chi connectivity index (χ1v) is 9.19. The molecule has 0 aliphatic rings. The van der Waals surface area contributed by atoms with Gasteiger partial charge in [0.1, 0.15) is 5.76 Å². The number of hydrogen-bond donors (Lipinski definition) is 1. The summed E-state index contributed by atoms with van der Waals surface area (Å²) in [6.45, 7) is 6.39. The lowest BCUT2D eigenvalue weighted by atomic mass is 10.1. The molecule has 130 valence electrons. The van der Waals surface area contributed by atoms with E-state index in [2.05, 4.69) is 41.0 Å². The van der Waals surface area contributed by atoms with Crippen LogP contribution in [0.15, 0.2) is 33.7 Å². The van der Waals surface area contributed by atoms with Crippen LogP contribution in [0.2, 0.25) is 0 Å². The Bertz CT molecular complexity index is 663. The van der Waals surface area contributed by atoms with Gasteiger partial charge >= 0.3 is 6.03 Å². The highest BCUT2D eigenvalue weighted by atomic mass is 32.2. The van der Waals surface area contributed by atoms with Gasteiger partial charge in [-0.3, -0.25) is 0 Å². The van der Waals surface area contributed by atoms with E-state index in [0.29, 0.717) is 13.0 Å². The molecule has 2 rings (SSSR count). The molecular weight excluding hydrogens is 322 g/mol. The first-order chi connectivity index (χ1) is 11.4. The maximum atomic E-state index is 12.4. The lowest BCUT2D eigenvalue weighted by Gasteiger charge is -2.21. The average Bonchev–Trinajstić information content (AvgIpc) is 2.87. The van der Waals surface area contributed by atoms with Gasteiger partial charge in [-0.25, -0.2) is 4.79 Å². The molecule has 2 aromatic rings. The molecule has 0 bridgehead atoms. The van der Waals surface area contributed by atoms with E-state index in [4.69, 9.17) is 4.52 Å². The van der Waals surface area contributed by atoms with Crippen molar-refractivity contribution in [3.63, 3.8) is 0 Å². The van der Waals surface area contributed by atoms with Crippen molar-refractivity contribution in [3.8, 4) is 0 Å². The second-order valence-corrected chi connectivity index (χ2v) is 6.94. The van der Waals surface area contributed by atoms with Gasteiger partial charge in [-0.15, -0.1) is 11.8 Å². The predicted octanol–water partition coefficient (Wildman–Crippen LogP) is 3.79. The van der Waals surface area contributed by atoms with Gasteiger partial charge < -0.3 is 14.7 Å². The number of aromatic nitrogens is 1. The first-order valence-electron chi connectivity index (χ1n) is 7.97. The molecule has 1 aromatic heterocycles. The molecule has 1 N–H and O–H groups in total. The monoisotopic (exact) mass is 347 g/mol. The molecule has 0 saturated heterocycles. The molecule has 0 saturated carbocycles. The Balaban J connectivity index is 1.88. The summed E-state index contributed by atoms with van der Waals surface area (Å²) in [4.78, 5) is 15.3. The molecule has 0 radical (unpaired) electrons. The number of amides is 2. The first kappa shape index (κ1) is 18.4. The summed E-state index contributed by atoms with van der Waals surface area (Å²) in [6, 6.07) is 8.20. The largest absolute Gasteiger partial charge is 0.361 e. The van der Waals surface area contributed by atoms with Crippen LogP contribution in [0.4, 0.5) is 4.79 Å². The Kier molecular flexibility index (Phi) is 6.31. The number of thioether (sulfide) groups is 1. The highest BCUT2D eigenvalue weighted by Gasteiger charge is 2.16. The van der Waals surface area contributed by atoms with Crippen LogP contribution in [0.1, 0.15) is 29.5 Å². The fourth-order valence-electron chi connectivity index (χ4n) is 2.55. The summed E-state index contributed by atoms with van der Waals surface area (Å²) in [7, 11) is 1.81. The third-order valence-electron chi connectivity index (χ3n) is 3.99. The molecule has 0 fully saturated rings. The lowest BCUT2D eigenvalue weighted by molar-refractivity contribution is 0.203. The highest BCUT2D eigenvalue weighted by molar-refractivity contribution is 7.98.